The van der Waals surface area contributed by atoms with E-state index >= 15 is 0 Å². The standard InChI is InChI=1S/2C15H8BrCl2NO/c2*16-8-4-5-14-9(6-8)10(15(20)19-14)7-11-12(17)2-1-3-13(11)18/h2*1-7H,(H,19,20)/b2*10-7+. The van der Waals surface area contributed by atoms with E-state index in [4.69, 9.17) is 46.4 Å². The van der Waals surface area contributed by atoms with Gasteiger partial charge in [-0.15, -0.1) is 0 Å². The lowest BCUT2D eigenvalue weighted by Gasteiger charge is -2.03. The van der Waals surface area contributed by atoms with Crippen LogP contribution < -0.4 is 10.6 Å². The van der Waals surface area contributed by atoms with Crippen LogP contribution in [0.4, 0.5) is 11.4 Å². The molecule has 0 aliphatic carbocycles. The third kappa shape index (κ3) is 6.03. The third-order valence-corrected chi connectivity index (χ3v) is 8.41. The molecule has 0 radical (unpaired) electrons. The minimum atomic E-state index is -0.158. The van der Waals surface area contributed by atoms with Gasteiger partial charge in [0.25, 0.3) is 11.8 Å². The molecule has 2 amide bonds. The Morgan fingerprint density at radius 3 is 1.25 bits per heavy atom. The molecule has 0 saturated heterocycles. The minimum absolute atomic E-state index is 0.158. The van der Waals surface area contributed by atoms with Crippen LogP contribution in [0.2, 0.25) is 20.1 Å². The summed E-state index contributed by atoms with van der Waals surface area (Å²) < 4.78 is 1.81. The van der Waals surface area contributed by atoms with Crippen molar-refractivity contribution in [2.75, 3.05) is 10.6 Å². The smallest absolute Gasteiger partial charge is 0.256 e. The number of amides is 2. The monoisotopic (exact) mass is 734 g/mol. The zero-order valence-corrected chi connectivity index (χ0v) is 26.4. The fourth-order valence-corrected chi connectivity index (χ4v) is 5.93. The molecule has 2 heterocycles. The predicted octanol–water partition coefficient (Wildman–Crippen LogP) is 10.5. The first kappa shape index (κ1) is 28.9. The second kappa shape index (κ2) is 12.1. The maximum absolute atomic E-state index is 12.1. The van der Waals surface area contributed by atoms with Gasteiger partial charge in [0, 0.05) is 73.8 Å². The van der Waals surface area contributed by atoms with E-state index in [1.165, 1.54) is 0 Å². The highest BCUT2D eigenvalue weighted by atomic mass is 79.9. The summed E-state index contributed by atoms with van der Waals surface area (Å²) in [4.78, 5) is 24.2. The van der Waals surface area contributed by atoms with E-state index in [9.17, 15) is 9.59 Å². The Kier molecular flexibility index (Phi) is 8.76. The number of fused-ring (bicyclic) bond motifs is 2. The number of carbonyl (C=O) groups excluding carboxylic acids is 2. The van der Waals surface area contributed by atoms with Crippen LogP contribution >= 0.6 is 78.3 Å². The zero-order valence-electron chi connectivity index (χ0n) is 20.2. The molecule has 2 N–H and O–H groups in total. The number of hydrogen-bond donors (Lipinski definition) is 2. The summed E-state index contributed by atoms with van der Waals surface area (Å²) in [5.74, 6) is -0.317. The average Bonchev–Trinajstić information content (AvgIpc) is 3.38. The molecule has 0 fully saturated rings. The fourth-order valence-electron chi connectivity index (χ4n) is 4.19. The Morgan fingerprint density at radius 2 is 0.900 bits per heavy atom. The molecule has 4 nitrogen and oxygen atoms in total. The molecule has 10 heteroatoms. The number of carbonyl (C=O) groups is 2. The number of benzene rings is 4. The molecule has 0 atom stereocenters. The molecule has 4 aromatic carbocycles. The second-order valence-corrected chi connectivity index (χ2v) is 12.1. The van der Waals surface area contributed by atoms with Crippen LogP contribution in [0.3, 0.4) is 0 Å². The highest BCUT2D eigenvalue weighted by Crippen LogP contribution is 2.38. The number of rotatable bonds is 2. The Balaban J connectivity index is 0.000000161. The molecular formula is C30H16Br2Cl4N2O2. The first-order chi connectivity index (χ1) is 19.1. The molecule has 6 rings (SSSR count). The summed E-state index contributed by atoms with van der Waals surface area (Å²) in [6.07, 6.45) is 3.44. The van der Waals surface area contributed by atoms with Gasteiger partial charge in [0.15, 0.2) is 0 Å². The second-order valence-electron chi connectivity index (χ2n) is 8.67. The number of hydrogen-bond acceptors (Lipinski definition) is 2. The van der Waals surface area contributed by atoms with Crippen LogP contribution in [-0.2, 0) is 9.59 Å². The molecule has 0 bridgehead atoms. The maximum Gasteiger partial charge on any atom is 0.256 e. The Bertz CT molecular complexity index is 1600. The van der Waals surface area contributed by atoms with Crippen LogP contribution in [0.5, 0.6) is 0 Å². The number of nitrogens with one attached hydrogen (secondary N) is 2. The number of anilines is 2. The van der Waals surface area contributed by atoms with Crippen LogP contribution in [-0.4, -0.2) is 11.8 Å². The molecule has 2 aliphatic heterocycles. The van der Waals surface area contributed by atoms with Crippen molar-refractivity contribution in [3.63, 3.8) is 0 Å². The lowest BCUT2D eigenvalue weighted by molar-refractivity contribution is -0.111. The summed E-state index contributed by atoms with van der Waals surface area (Å²) in [7, 11) is 0. The Labute approximate surface area is 267 Å². The molecule has 0 aromatic heterocycles. The SMILES string of the molecule is O=C1Nc2ccc(Br)cc2/C1=C\c1c(Cl)cccc1Cl.O=C1Nc2ccc(Br)cc2/C1=C\c1c(Cl)cccc1Cl. The van der Waals surface area contributed by atoms with Crippen molar-refractivity contribution >= 4 is 125 Å². The zero-order chi connectivity index (χ0) is 28.6. The van der Waals surface area contributed by atoms with E-state index in [1.54, 1.807) is 48.6 Å². The van der Waals surface area contributed by atoms with Gasteiger partial charge in [-0.3, -0.25) is 9.59 Å². The largest absolute Gasteiger partial charge is 0.321 e. The predicted molar refractivity (Wildman–Crippen MR) is 174 cm³/mol. The third-order valence-electron chi connectivity index (χ3n) is 6.11. The van der Waals surface area contributed by atoms with E-state index in [0.717, 1.165) is 31.4 Å². The first-order valence-electron chi connectivity index (χ1n) is 11.7. The van der Waals surface area contributed by atoms with E-state index in [1.807, 2.05) is 36.4 Å². The van der Waals surface area contributed by atoms with Crippen molar-refractivity contribution in [3.8, 4) is 0 Å². The van der Waals surface area contributed by atoms with Gasteiger partial charge < -0.3 is 10.6 Å². The summed E-state index contributed by atoms with van der Waals surface area (Å²) in [5.41, 5.74) is 5.64. The van der Waals surface area contributed by atoms with E-state index in [0.29, 0.717) is 42.4 Å². The Hall–Kier alpha value is -2.58. The quantitative estimate of drug-likeness (QED) is 0.201. The minimum Gasteiger partial charge on any atom is -0.321 e. The molecule has 2 aliphatic rings. The molecule has 4 aromatic rings. The highest BCUT2D eigenvalue weighted by molar-refractivity contribution is 9.10. The topological polar surface area (TPSA) is 58.2 Å². The fraction of sp³-hybridized carbons (Fsp3) is 0. The van der Waals surface area contributed by atoms with Crippen molar-refractivity contribution in [1.29, 1.82) is 0 Å². The summed E-state index contributed by atoms with van der Waals surface area (Å²) in [6.45, 7) is 0. The molecule has 0 spiro atoms. The molecule has 200 valence electrons. The van der Waals surface area contributed by atoms with Crippen molar-refractivity contribution < 1.29 is 9.59 Å². The van der Waals surface area contributed by atoms with Crippen LogP contribution in [0.1, 0.15) is 22.3 Å². The summed E-state index contributed by atoms with van der Waals surface area (Å²) in [5, 5.41) is 7.70. The maximum atomic E-state index is 12.1. The van der Waals surface area contributed by atoms with Crippen molar-refractivity contribution in [2.24, 2.45) is 0 Å². The van der Waals surface area contributed by atoms with Crippen LogP contribution in [0.15, 0.2) is 81.7 Å². The molecule has 40 heavy (non-hydrogen) atoms. The molecule has 0 saturated carbocycles. The summed E-state index contributed by atoms with van der Waals surface area (Å²) in [6, 6.07) is 21.8. The van der Waals surface area contributed by atoms with Gasteiger partial charge in [-0.1, -0.05) is 90.4 Å². The first-order valence-corrected chi connectivity index (χ1v) is 14.8. The van der Waals surface area contributed by atoms with Gasteiger partial charge in [0.05, 0.1) is 0 Å². The van der Waals surface area contributed by atoms with E-state index < -0.39 is 0 Å². The van der Waals surface area contributed by atoms with Gasteiger partial charge in [-0.2, -0.15) is 0 Å². The molecule has 0 unspecified atom stereocenters. The highest BCUT2D eigenvalue weighted by Gasteiger charge is 2.26. The lowest BCUT2D eigenvalue weighted by atomic mass is 10.0. The van der Waals surface area contributed by atoms with Gasteiger partial charge in [-0.25, -0.2) is 0 Å². The van der Waals surface area contributed by atoms with E-state index in [-0.39, 0.29) is 11.8 Å². The normalized spacial score (nSPS) is 15.3. The van der Waals surface area contributed by atoms with Crippen molar-refractivity contribution in [2.45, 2.75) is 0 Å². The van der Waals surface area contributed by atoms with Crippen LogP contribution in [0, 0.1) is 0 Å². The number of halogens is 6. The lowest BCUT2D eigenvalue weighted by Crippen LogP contribution is -2.03. The van der Waals surface area contributed by atoms with Crippen molar-refractivity contribution in [1.82, 2.24) is 0 Å². The van der Waals surface area contributed by atoms with Crippen molar-refractivity contribution in [3.05, 3.63) is 124 Å². The van der Waals surface area contributed by atoms with Gasteiger partial charge >= 0.3 is 0 Å². The van der Waals surface area contributed by atoms with Gasteiger partial charge in [0.1, 0.15) is 0 Å². The molecular weight excluding hydrogens is 722 g/mol. The van der Waals surface area contributed by atoms with Gasteiger partial charge in [-0.05, 0) is 72.8 Å². The van der Waals surface area contributed by atoms with E-state index in [2.05, 4.69) is 42.5 Å². The van der Waals surface area contributed by atoms with Gasteiger partial charge in [0.2, 0.25) is 0 Å². The average molecular weight is 738 g/mol. The van der Waals surface area contributed by atoms with Crippen LogP contribution in [0.25, 0.3) is 23.3 Å². The Morgan fingerprint density at radius 1 is 0.550 bits per heavy atom. The summed E-state index contributed by atoms with van der Waals surface area (Å²) >= 11 is 31.4.